The molecule has 21 heavy (non-hydrogen) atoms. The second-order valence-corrected chi connectivity index (χ2v) is 6.16. The Hall–Kier alpha value is -1.61. The van der Waals surface area contributed by atoms with Gasteiger partial charge in [-0.3, -0.25) is 0 Å². The second-order valence-electron chi connectivity index (χ2n) is 4.04. The molecule has 0 aliphatic rings. The van der Waals surface area contributed by atoms with Gasteiger partial charge in [0.25, 0.3) is 0 Å². The van der Waals surface area contributed by atoms with E-state index in [9.17, 15) is 18.0 Å². The Bertz CT molecular complexity index is 700. The van der Waals surface area contributed by atoms with E-state index in [0.29, 0.717) is 9.35 Å². The van der Waals surface area contributed by atoms with Crippen molar-refractivity contribution in [3.63, 3.8) is 0 Å². The molecule has 0 saturated heterocycles. The Morgan fingerprint density at radius 1 is 1.43 bits per heavy atom. The summed E-state index contributed by atoms with van der Waals surface area (Å²) < 4.78 is 39.2. The van der Waals surface area contributed by atoms with Crippen molar-refractivity contribution in [2.24, 2.45) is 0 Å². The fourth-order valence-electron chi connectivity index (χ4n) is 1.62. The van der Waals surface area contributed by atoms with Gasteiger partial charge in [0.2, 0.25) is 0 Å². The van der Waals surface area contributed by atoms with Crippen LogP contribution in [0, 0.1) is 6.92 Å². The molecular formula is C12H8BrF3N2O2S. The monoisotopic (exact) mass is 380 g/mol. The van der Waals surface area contributed by atoms with Gasteiger partial charge in [-0.2, -0.15) is 13.2 Å². The van der Waals surface area contributed by atoms with E-state index in [-0.39, 0.29) is 16.5 Å². The predicted molar refractivity (Wildman–Crippen MR) is 76.2 cm³/mol. The number of hydrogen-bond donors (Lipinski definition) is 2. The SMILES string of the molecule is Cc1sc(Nc2ccc(Br)cc2C(F)(F)F)nc1C(=O)O. The summed E-state index contributed by atoms with van der Waals surface area (Å²) in [5.41, 5.74) is -1.22. The number of carbonyl (C=O) groups is 1. The third kappa shape index (κ3) is 3.53. The van der Waals surface area contributed by atoms with E-state index in [4.69, 9.17) is 5.11 Å². The highest BCUT2D eigenvalue weighted by Gasteiger charge is 2.34. The highest BCUT2D eigenvalue weighted by Crippen LogP contribution is 2.38. The predicted octanol–water partition coefficient (Wildman–Crippen LogP) is 4.67. The Morgan fingerprint density at radius 2 is 2.10 bits per heavy atom. The number of thiazole rings is 1. The number of halogens is 4. The maximum Gasteiger partial charge on any atom is 0.418 e. The normalized spacial score (nSPS) is 11.5. The number of alkyl halides is 3. The van der Waals surface area contributed by atoms with Crippen LogP contribution in [0.15, 0.2) is 22.7 Å². The standard InChI is InChI=1S/C12H8BrF3N2O2S/c1-5-9(10(19)20)18-11(21-5)17-8-3-2-6(13)4-7(8)12(14,15)16/h2-4H,1H3,(H,17,18)(H,19,20). The van der Waals surface area contributed by atoms with Crippen molar-refractivity contribution in [2.45, 2.75) is 13.1 Å². The number of nitrogens with zero attached hydrogens (tertiary/aromatic N) is 1. The van der Waals surface area contributed by atoms with E-state index < -0.39 is 17.7 Å². The number of carboxylic acid groups (broad SMARTS) is 1. The van der Waals surface area contributed by atoms with Gasteiger partial charge in [-0.25, -0.2) is 9.78 Å². The molecule has 2 aromatic rings. The van der Waals surface area contributed by atoms with Crippen LogP contribution in [-0.4, -0.2) is 16.1 Å². The first-order chi connectivity index (χ1) is 9.68. The van der Waals surface area contributed by atoms with Crippen LogP contribution < -0.4 is 5.32 Å². The summed E-state index contributed by atoms with van der Waals surface area (Å²) in [6.07, 6.45) is -4.53. The summed E-state index contributed by atoms with van der Waals surface area (Å²) >= 11 is 3.97. The zero-order valence-corrected chi connectivity index (χ0v) is 12.9. The largest absolute Gasteiger partial charge is 0.476 e. The van der Waals surface area contributed by atoms with Gasteiger partial charge >= 0.3 is 12.1 Å². The molecule has 0 aliphatic carbocycles. The first-order valence-corrected chi connectivity index (χ1v) is 7.14. The summed E-state index contributed by atoms with van der Waals surface area (Å²) in [4.78, 5) is 15.1. The number of rotatable bonds is 3. The van der Waals surface area contributed by atoms with Crippen molar-refractivity contribution >= 4 is 44.1 Å². The molecule has 9 heteroatoms. The fraction of sp³-hybridized carbons (Fsp3) is 0.167. The van der Waals surface area contributed by atoms with Crippen LogP contribution in [0.25, 0.3) is 0 Å². The van der Waals surface area contributed by atoms with Crippen LogP contribution in [0.1, 0.15) is 20.9 Å². The van der Waals surface area contributed by atoms with Crippen molar-refractivity contribution in [3.8, 4) is 0 Å². The molecule has 0 spiro atoms. The molecule has 0 aliphatic heterocycles. The number of nitrogens with one attached hydrogen (secondary N) is 1. The highest BCUT2D eigenvalue weighted by molar-refractivity contribution is 9.10. The average molecular weight is 381 g/mol. The minimum atomic E-state index is -4.53. The van der Waals surface area contributed by atoms with Crippen LogP contribution >= 0.6 is 27.3 Å². The molecule has 1 aromatic heterocycles. The van der Waals surface area contributed by atoms with Crippen molar-refractivity contribution in [3.05, 3.63) is 38.8 Å². The molecular weight excluding hydrogens is 373 g/mol. The molecule has 0 fully saturated rings. The third-order valence-corrected chi connectivity index (χ3v) is 3.91. The van der Waals surface area contributed by atoms with Crippen molar-refractivity contribution < 1.29 is 23.1 Å². The van der Waals surface area contributed by atoms with Crippen LogP contribution in [0.2, 0.25) is 0 Å². The molecule has 4 nitrogen and oxygen atoms in total. The zero-order valence-electron chi connectivity index (χ0n) is 10.5. The minimum Gasteiger partial charge on any atom is -0.476 e. The number of anilines is 2. The second kappa shape index (κ2) is 5.64. The summed E-state index contributed by atoms with van der Waals surface area (Å²) in [5, 5.41) is 11.5. The molecule has 2 rings (SSSR count). The lowest BCUT2D eigenvalue weighted by Gasteiger charge is -2.13. The number of aromatic nitrogens is 1. The van der Waals surface area contributed by atoms with E-state index in [1.165, 1.54) is 12.1 Å². The highest BCUT2D eigenvalue weighted by atomic mass is 79.9. The maximum absolute atomic E-state index is 13.0. The van der Waals surface area contributed by atoms with Crippen molar-refractivity contribution in [1.29, 1.82) is 0 Å². The van der Waals surface area contributed by atoms with Crippen LogP contribution in [0.3, 0.4) is 0 Å². The molecule has 112 valence electrons. The quantitative estimate of drug-likeness (QED) is 0.811. The van der Waals surface area contributed by atoms with Gasteiger partial charge in [-0.1, -0.05) is 15.9 Å². The smallest absolute Gasteiger partial charge is 0.418 e. The molecule has 2 N–H and O–H groups in total. The minimum absolute atomic E-state index is 0.0951. The third-order valence-electron chi connectivity index (χ3n) is 2.53. The zero-order chi connectivity index (χ0) is 15.8. The Labute approximate surface area is 129 Å². The molecule has 0 bridgehead atoms. The molecule has 0 atom stereocenters. The molecule has 0 unspecified atom stereocenters. The molecule has 0 radical (unpaired) electrons. The molecule has 0 saturated carbocycles. The Balaban J connectivity index is 2.40. The fourth-order valence-corrected chi connectivity index (χ4v) is 2.80. The number of hydrogen-bond acceptors (Lipinski definition) is 4. The average Bonchev–Trinajstić information content (AvgIpc) is 2.71. The topological polar surface area (TPSA) is 62.2 Å². The molecule has 1 aromatic carbocycles. The number of benzene rings is 1. The van der Waals surface area contributed by atoms with Gasteiger partial charge in [-0.15, -0.1) is 11.3 Å². The summed E-state index contributed by atoms with van der Waals surface area (Å²) in [7, 11) is 0. The molecule has 1 heterocycles. The lowest BCUT2D eigenvalue weighted by Crippen LogP contribution is -2.09. The van der Waals surface area contributed by atoms with Crippen molar-refractivity contribution in [2.75, 3.05) is 5.32 Å². The van der Waals surface area contributed by atoms with E-state index >= 15 is 0 Å². The van der Waals surface area contributed by atoms with Gasteiger partial charge in [0, 0.05) is 9.35 Å². The molecule has 0 amide bonds. The first kappa shape index (κ1) is 15.8. The number of carboxylic acids is 1. The van der Waals surface area contributed by atoms with Gasteiger partial charge in [0.05, 0.1) is 11.3 Å². The lowest BCUT2D eigenvalue weighted by molar-refractivity contribution is -0.137. The Morgan fingerprint density at radius 3 is 2.62 bits per heavy atom. The van der Waals surface area contributed by atoms with E-state index in [1.807, 2.05) is 0 Å². The van der Waals surface area contributed by atoms with Gasteiger partial charge < -0.3 is 10.4 Å². The van der Waals surface area contributed by atoms with Gasteiger partial charge in [0.15, 0.2) is 10.8 Å². The van der Waals surface area contributed by atoms with Crippen molar-refractivity contribution in [1.82, 2.24) is 4.98 Å². The van der Waals surface area contributed by atoms with E-state index in [0.717, 1.165) is 17.4 Å². The number of aryl methyl sites for hydroxylation is 1. The Kier molecular flexibility index (Phi) is 4.24. The maximum atomic E-state index is 13.0. The number of aromatic carboxylic acids is 1. The van der Waals surface area contributed by atoms with Crippen LogP contribution in [0.5, 0.6) is 0 Å². The van der Waals surface area contributed by atoms with E-state index in [2.05, 4.69) is 26.2 Å². The summed E-state index contributed by atoms with van der Waals surface area (Å²) in [5.74, 6) is -1.22. The van der Waals surface area contributed by atoms with Gasteiger partial charge in [0.1, 0.15) is 0 Å². The summed E-state index contributed by atoms with van der Waals surface area (Å²) in [6, 6.07) is 3.65. The van der Waals surface area contributed by atoms with Gasteiger partial charge in [-0.05, 0) is 25.1 Å². The van der Waals surface area contributed by atoms with E-state index in [1.54, 1.807) is 6.92 Å². The first-order valence-electron chi connectivity index (χ1n) is 5.53. The van der Waals surface area contributed by atoms with Crippen LogP contribution in [0.4, 0.5) is 24.0 Å². The summed E-state index contributed by atoms with van der Waals surface area (Å²) in [6.45, 7) is 1.54. The van der Waals surface area contributed by atoms with Crippen LogP contribution in [-0.2, 0) is 6.18 Å². The lowest BCUT2D eigenvalue weighted by atomic mass is 10.1.